The molecular formula is C19H21ClN2O2S2. The van der Waals surface area contributed by atoms with Crippen LogP contribution < -0.4 is 10.6 Å². The van der Waals surface area contributed by atoms with E-state index in [0.29, 0.717) is 17.2 Å². The quantitative estimate of drug-likeness (QED) is 0.559. The van der Waals surface area contributed by atoms with Crippen LogP contribution in [0.5, 0.6) is 0 Å². The molecule has 1 aliphatic carbocycles. The summed E-state index contributed by atoms with van der Waals surface area (Å²) in [7, 11) is 1.42. The van der Waals surface area contributed by atoms with Gasteiger partial charge in [-0.15, -0.1) is 11.3 Å². The van der Waals surface area contributed by atoms with Crippen molar-refractivity contribution in [1.82, 2.24) is 5.32 Å². The number of thiophene rings is 1. The highest BCUT2D eigenvalue weighted by atomic mass is 35.5. The number of nitrogens with one attached hydrogen (secondary N) is 2. The number of methoxy groups -OCH3 is 1. The van der Waals surface area contributed by atoms with E-state index in [0.717, 1.165) is 47.7 Å². The van der Waals surface area contributed by atoms with Gasteiger partial charge in [-0.1, -0.05) is 23.7 Å². The number of esters is 1. The zero-order valence-electron chi connectivity index (χ0n) is 14.6. The number of ether oxygens (including phenoxy) is 1. The van der Waals surface area contributed by atoms with Gasteiger partial charge in [0.15, 0.2) is 5.11 Å². The van der Waals surface area contributed by atoms with Crippen LogP contribution in [0.25, 0.3) is 0 Å². The van der Waals surface area contributed by atoms with E-state index in [2.05, 4.69) is 10.6 Å². The van der Waals surface area contributed by atoms with E-state index in [1.807, 2.05) is 24.3 Å². The summed E-state index contributed by atoms with van der Waals surface area (Å²) >= 11 is 12.9. The molecule has 7 heteroatoms. The van der Waals surface area contributed by atoms with E-state index in [-0.39, 0.29) is 5.97 Å². The molecule has 0 radical (unpaired) electrons. The molecule has 0 amide bonds. The number of fused-ring (bicyclic) bond motifs is 1. The zero-order valence-corrected chi connectivity index (χ0v) is 17.0. The third kappa shape index (κ3) is 4.55. The van der Waals surface area contributed by atoms with Crippen molar-refractivity contribution in [2.24, 2.45) is 0 Å². The Hall–Kier alpha value is -1.63. The largest absolute Gasteiger partial charge is 0.465 e. The molecule has 0 bridgehead atoms. The molecule has 2 aromatic rings. The minimum Gasteiger partial charge on any atom is -0.465 e. The molecule has 2 N–H and O–H groups in total. The summed E-state index contributed by atoms with van der Waals surface area (Å²) in [5, 5.41) is 8.43. The number of carbonyl (C=O) groups is 1. The van der Waals surface area contributed by atoms with Gasteiger partial charge in [0, 0.05) is 16.4 Å². The molecule has 4 nitrogen and oxygen atoms in total. The van der Waals surface area contributed by atoms with Gasteiger partial charge in [0.1, 0.15) is 5.00 Å². The Morgan fingerprint density at radius 2 is 2.00 bits per heavy atom. The second-order valence-corrected chi connectivity index (χ2v) is 8.11. The first kappa shape index (κ1) is 19.1. The van der Waals surface area contributed by atoms with Crippen molar-refractivity contribution in [3.8, 4) is 0 Å². The Morgan fingerprint density at radius 1 is 1.27 bits per heavy atom. The monoisotopic (exact) mass is 408 g/mol. The van der Waals surface area contributed by atoms with Crippen molar-refractivity contribution < 1.29 is 9.53 Å². The van der Waals surface area contributed by atoms with Gasteiger partial charge in [-0.3, -0.25) is 0 Å². The molecule has 1 aromatic carbocycles. The van der Waals surface area contributed by atoms with Crippen molar-refractivity contribution in [2.45, 2.75) is 32.1 Å². The molecule has 3 rings (SSSR count). The molecule has 0 saturated carbocycles. The first-order chi connectivity index (χ1) is 12.6. The van der Waals surface area contributed by atoms with E-state index >= 15 is 0 Å². The van der Waals surface area contributed by atoms with E-state index in [1.165, 1.54) is 17.6 Å². The van der Waals surface area contributed by atoms with Crippen molar-refractivity contribution in [2.75, 3.05) is 19.0 Å². The maximum absolute atomic E-state index is 12.2. The van der Waals surface area contributed by atoms with Gasteiger partial charge >= 0.3 is 5.97 Å². The van der Waals surface area contributed by atoms with Crippen molar-refractivity contribution in [1.29, 1.82) is 0 Å². The Labute approximate surface area is 167 Å². The smallest absolute Gasteiger partial charge is 0.341 e. The Balaban J connectivity index is 1.62. The van der Waals surface area contributed by atoms with Crippen molar-refractivity contribution >= 4 is 51.2 Å². The Bertz CT molecular complexity index is 803. The average Bonchev–Trinajstić information content (AvgIpc) is 3.00. The summed E-state index contributed by atoms with van der Waals surface area (Å²) in [6.07, 6.45) is 5.05. The summed E-state index contributed by atoms with van der Waals surface area (Å²) in [4.78, 5) is 13.5. The fourth-order valence-electron chi connectivity index (χ4n) is 3.09. The number of thiocarbonyl (C=S) groups is 1. The van der Waals surface area contributed by atoms with Crippen LogP contribution >= 0.6 is 35.2 Å². The number of carbonyl (C=O) groups excluding carboxylic acids is 1. The predicted molar refractivity (Wildman–Crippen MR) is 112 cm³/mol. The number of halogens is 1. The topological polar surface area (TPSA) is 50.4 Å². The molecule has 1 aliphatic rings. The van der Waals surface area contributed by atoms with Gasteiger partial charge in [-0.25, -0.2) is 4.79 Å². The van der Waals surface area contributed by atoms with Crippen LogP contribution in [0.2, 0.25) is 5.02 Å². The predicted octanol–water partition coefficient (Wildman–Crippen LogP) is 4.60. The number of hydrogen-bond donors (Lipinski definition) is 2. The maximum Gasteiger partial charge on any atom is 0.341 e. The molecule has 26 heavy (non-hydrogen) atoms. The van der Waals surface area contributed by atoms with Gasteiger partial charge in [0.25, 0.3) is 0 Å². The van der Waals surface area contributed by atoms with E-state index in [9.17, 15) is 4.79 Å². The number of hydrogen-bond acceptors (Lipinski definition) is 4. The van der Waals surface area contributed by atoms with Gasteiger partial charge in [0.2, 0.25) is 0 Å². The molecule has 1 aromatic heterocycles. The van der Waals surface area contributed by atoms with E-state index in [1.54, 1.807) is 11.3 Å². The number of rotatable bonds is 5. The SMILES string of the molecule is COC(=O)c1c(NC(=S)NCCc2ccc(Cl)cc2)sc2c1CCCC2. The molecule has 0 spiro atoms. The van der Waals surface area contributed by atoms with Crippen LogP contribution in [0.1, 0.15) is 39.2 Å². The Morgan fingerprint density at radius 3 is 2.73 bits per heavy atom. The summed E-state index contributed by atoms with van der Waals surface area (Å²) in [6.45, 7) is 0.701. The highest BCUT2D eigenvalue weighted by Crippen LogP contribution is 2.38. The first-order valence-corrected chi connectivity index (χ1v) is 10.2. The van der Waals surface area contributed by atoms with Gasteiger partial charge in [0.05, 0.1) is 12.7 Å². The molecule has 0 unspecified atom stereocenters. The number of anilines is 1. The highest BCUT2D eigenvalue weighted by Gasteiger charge is 2.26. The van der Waals surface area contributed by atoms with Gasteiger partial charge in [-0.2, -0.15) is 0 Å². The molecule has 0 saturated heterocycles. The summed E-state index contributed by atoms with van der Waals surface area (Å²) in [6, 6.07) is 7.77. The zero-order chi connectivity index (χ0) is 18.5. The molecule has 1 heterocycles. The van der Waals surface area contributed by atoms with Gasteiger partial charge in [-0.05, 0) is 67.6 Å². The molecule has 0 atom stereocenters. The minimum absolute atomic E-state index is 0.295. The third-order valence-electron chi connectivity index (χ3n) is 4.40. The van der Waals surface area contributed by atoms with Crippen LogP contribution in [0, 0.1) is 0 Å². The second-order valence-electron chi connectivity index (χ2n) is 6.16. The molecule has 0 aliphatic heterocycles. The third-order valence-corrected chi connectivity index (χ3v) is 6.11. The second kappa shape index (κ2) is 8.84. The van der Waals surface area contributed by atoms with Crippen LogP contribution in [-0.2, 0) is 24.0 Å². The van der Waals surface area contributed by atoms with Crippen LogP contribution in [-0.4, -0.2) is 24.7 Å². The lowest BCUT2D eigenvalue weighted by Crippen LogP contribution is -2.30. The Kier molecular flexibility index (Phi) is 6.51. The lowest BCUT2D eigenvalue weighted by atomic mass is 9.95. The van der Waals surface area contributed by atoms with E-state index in [4.69, 9.17) is 28.6 Å². The standard InChI is InChI=1S/C19H21ClN2O2S2/c1-24-18(23)16-14-4-2-3-5-15(14)26-17(16)22-19(25)21-11-10-12-6-8-13(20)9-7-12/h6-9H,2-5,10-11H2,1H3,(H2,21,22,25). The average molecular weight is 409 g/mol. The van der Waals surface area contributed by atoms with Crippen molar-refractivity contribution in [3.63, 3.8) is 0 Å². The van der Waals surface area contributed by atoms with Crippen LogP contribution in [0.3, 0.4) is 0 Å². The lowest BCUT2D eigenvalue weighted by molar-refractivity contribution is 0.0601. The number of aryl methyl sites for hydroxylation is 1. The summed E-state index contributed by atoms with van der Waals surface area (Å²) in [5.41, 5.74) is 2.96. The lowest BCUT2D eigenvalue weighted by Gasteiger charge is -2.12. The summed E-state index contributed by atoms with van der Waals surface area (Å²) in [5.74, 6) is -0.295. The van der Waals surface area contributed by atoms with E-state index < -0.39 is 0 Å². The van der Waals surface area contributed by atoms with Gasteiger partial charge < -0.3 is 15.4 Å². The number of benzene rings is 1. The highest BCUT2D eigenvalue weighted by molar-refractivity contribution is 7.80. The van der Waals surface area contributed by atoms with Crippen LogP contribution in [0.15, 0.2) is 24.3 Å². The molecule has 0 fully saturated rings. The van der Waals surface area contributed by atoms with Crippen LogP contribution in [0.4, 0.5) is 5.00 Å². The fraction of sp³-hybridized carbons (Fsp3) is 0.368. The maximum atomic E-state index is 12.2. The fourth-order valence-corrected chi connectivity index (χ4v) is 4.77. The summed E-state index contributed by atoms with van der Waals surface area (Å²) < 4.78 is 4.98. The van der Waals surface area contributed by atoms with Crippen molar-refractivity contribution in [3.05, 3.63) is 50.9 Å². The normalized spacial score (nSPS) is 13.0. The minimum atomic E-state index is -0.295. The first-order valence-electron chi connectivity index (χ1n) is 8.60. The molecular weight excluding hydrogens is 388 g/mol. The molecule has 138 valence electrons.